The summed E-state index contributed by atoms with van der Waals surface area (Å²) in [6, 6.07) is 12.2. The molecule has 2 aliphatic rings. The van der Waals surface area contributed by atoms with Gasteiger partial charge >= 0.3 is 12.3 Å². The largest absolute Gasteiger partial charge is 0.573 e. The Kier molecular flexibility index (Phi) is 5.03. The molecule has 4 rings (SSSR count). The number of para-hydroxylation sites is 1. The number of nitrogens with zero attached hydrogens (tertiary/aromatic N) is 2. The van der Waals surface area contributed by atoms with Gasteiger partial charge in [0.2, 0.25) is 11.8 Å². The van der Waals surface area contributed by atoms with Gasteiger partial charge in [0.15, 0.2) is 5.70 Å². The van der Waals surface area contributed by atoms with Gasteiger partial charge in [-0.2, -0.15) is 0 Å². The average Bonchev–Trinajstić information content (AvgIpc) is 3.28. The van der Waals surface area contributed by atoms with Gasteiger partial charge in [-0.3, -0.25) is 4.79 Å². The number of ether oxygens (including phenoxy) is 2. The van der Waals surface area contributed by atoms with E-state index in [0.717, 1.165) is 18.2 Å². The second-order valence-corrected chi connectivity index (χ2v) is 6.62. The highest BCUT2D eigenvalue weighted by Crippen LogP contribution is 2.29. The Balaban J connectivity index is 1.58. The molecule has 0 aromatic heterocycles. The summed E-state index contributed by atoms with van der Waals surface area (Å²) in [6.07, 6.45) is -2.37. The van der Waals surface area contributed by atoms with E-state index < -0.39 is 18.1 Å². The number of anilines is 1. The minimum atomic E-state index is -4.86. The lowest BCUT2D eigenvalue weighted by Crippen LogP contribution is -2.23. The number of rotatable bonds is 4. The summed E-state index contributed by atoms with van der Waals surface area (Å²) in [7, 11) is 0. The van der Waals surface area contributed by atoms with E-state index in [0.29, 0.717) is 18.5 Å². The molecule has 2 aromatic carbocycles. The molecule has 0 spiro atoms. The summed E-state index contributed by atoms with van der Waals surface area (Å²) < 4.78 is 46.9. The lowest BCUT2D eigenvalue weighted by Gasteiger charge is -2.15. The molecule has 1 amide bonds. The number of esters is 1. The SMILES string of the molecule is O=C1OC(c2ccc(N3CCCC3=O)cc2)=N/C1=C/c1ccccc1OC(F)(F)F. The van der Waals surface area contributed by atoms with Gasteiger partial charge in [-0.25, -0.2) is 9.79 Å². The first kappa shape index (κ1) is 19.7. The average molecular weight is 416 g/mol. The summed E-state index contributed by atoms with van der Waals surface area (Å²) in [4.78, 5) is 29.8. The smallest absolute Gasteiger partial charge is 0.405 e. The molecular formula is C21H15F3N2O4. The first-order valence-corrected chi connectivity index (χ1v) is 9.08. The first-order chi connectivity index (χ1) is 14.3. The van der Waals surface area contributed by atoms with Crippen molar-refractivity contribution in [2.75, 3.05) is 11.4 Å². The predicted molar refractivity (Wildman–Crippen MR) is 102 cm³/mol. The zero-order chi connectivity index (χ0) is 21.3. The first-order valence-electron chi connectivity index (χ1n) is 9.08. The van der Waals surface area contributed by atoms with Gasteiger partial charge in [0, 0.05) is 29.8 Å². The summed E-state index contributed by atoms with van der Waals surface area (Å²) in [6.45, 7) is 0.653. The zero-order valence-corrected chi connectivity index (χ0v) is 15.5. The Morgan fingerprint density at radius 2 is 1.80 bits per heavy atom. The van der Waals surface area contributed by atoms with Crippen LogP contribution in [0.4, 0.5) is 18.9 Å². The Morgan fingerprint density at radius 3 is 2.47 bits per heavy atom. The number of aliphatic imine (C=N–C) groups is 1. The second-order valence-electron chi connectivity index (χ2n) is 6.62. The monoisotopic (exact) mass is 416 g/mol. The Hall–Kier alpha value is -3.62. The Bertz CT molecular complexity index is 1060. The minimum Gasteiger partial charge on any atom is -0.405 e. The molecule has 0 bridgehead atoms. The van der Waals surface area contributed by atoms with Crippen LogP contribution in [0.25, 0.3) is 6.08 Å². The van der Waals surface area contributed by atoms with Crippen LogP contribution in [-0.2, 0) is 14.3 Å². The fourth-order valence-corrected chi connectivity index (χ4v) is 3.20. The molecule has 0 N–H and O–H groups in total. The summed E-state index contributed by atoms with van der Waals surface area (Å²) in [5.41, 5.74) is 1.12. The predicted octanol–water partition coefficient (Wildman–Crippen LogP) is 4.06. The standard InChI is InChI=1S/C21H15F3N2O4/c22-21(23,24)30-17-5-2-1-4-14(17)12-16-20(28)29-19(25-16)13-7-9-15(10-8-13)26-11-3-6-18(26)27/h1-2,4-5,7-10,12H,3,6,11H2/b16-12+. The van der Waals surface area contributed by atoms with E-state index in [1.54, 1.807) is 29.2 Å². The third kappa shape index (κ3) is 4.19. The van der Waals surface area contributed by atoms with Crippen LogP contribution >= 0.6 is 0 Å². The fraction of sp³-hybridized carbons (Fsp3) is 0.190. The maximum absolute atomic E-state index is 12.6. The van der Waals surface area contributed by atoms with Crippen molar-refractivity contribution in [1.29, 1.82) is 0 Å². The highest BCUT2D eigenvalue weighted by atomic mass is 19.4. The van der Waals surface area contributed by atoms with Gasteiger partial charge in [-0.15, -0.1) is 13.2 Å². The van der Waals surface area contributed by atoms with Crippen molar-refractivity contribution < 1.29 is 32.2 Å². The van der Waals surface area contributed by atoms with Gasteiger partial charge in [-0.1, -0.05) is 18.2 Å². The van der Waals surface area contributed by atoms with Gasteiger partial charge in [0.1, 0.15) is 5.75 Å². The van der Waals surface area contributed by atoms with Crippen molar-refractivity contribution in [1.82, 2.24) is 0 Å². The van der Waals surface area contributed by atoms with Crippen molar-refractivity contribution >= 4 is 29.5 Å². The normalized spacial score (nSPS) is 18.0. The van der Waals surface area contributed by atoms with Gasteiger partial charge < -0.3 is 14.4 Å². The van der Waals surface area contributed by atoms with E-state index in [4.69, 9.17) is 4.74 Å². The number of cyclic esters (lactones) is 1. The third-order valence-corrected chi connectivity index (χ3v) is 4.56. The van der Waals surface area contributed by atoms with Crippen molar-refractivity contribution in [3.05, 3.63) is 65.4 Å². The van der Waals surface area contributed by atoms with Crippen LogP contribution in [0.5, 0.6) is 5.75 Å². The molecule has 154 valence electrons. The molecule has 30 heavy (non-hydrogen) atoms. The summed E-state index contributed by atoms with van der Waals surface area (Å²) >= 11 is 0. The highest BCUT2D eigenvalue weighted by Gasteiger charge is 2.32. The number of carbonyl (C=O) groups is 2. The lowest BCUT2D eigenvalue weighted by molar-refractivity contribution is -0.274. The molecule has 1 saturated heterocycles. The molecule has 0 radical (unpaired) electrons. The van der Waals surface area contributed by atoms with Crippen LogP contribution in [0.15, 0.2) is 59.2 Å². The highest BCUT2D eigenvalue weighted by molar-refractivity contribution is 6.13. The van der Waals surface area contributed by atoms with Crippen molar-refractivity contribution in [3.63, 3.8) is 0 Å². The molecule has 9 heteroatoms. The number of alkyl halides is 3. The molecule has 2 heterocycles. The third-order valence-electron chi connectivity index (χ3n) is 4.56. The number of halogens is 3. The van der Waals surface area contributed by atoms with E-state index in [9.17, 15) is 22.8 Å². The van der Waals surface area contributed by atoms with E-state index in [2.05, 4.69) is 9.73 Å². The van der Waals surface area contributed by atoms with Gasteiger partial charge in [-0.05, 0) is 42.8 Å². The van der Waals surface area contributed by atoms with Crippen LogP contribution < -0.4 is 9.64 Å². The summed E-state index contributed by atoms with van der Waals surface area (Å²) in [5.74, 6) is -1.16. The van der Waals surface area contributed by atoms with Crippen LogP contribution in [0.3, 0.4) is 0 Å². The topological polar surface area (TPSA) is 68.2 Å². The van der Waals surface area contributed by atoms with E-state index in [1.165, 1.54) is 24.3 Å². The van der Waals surface area contributed by atoms with Crippen molar-refractivity contribution in [2.45, 2.75) is 19.2 Å². The molecule has 0 atom stereocenters. The number of amides is 1. The maximum atomic E-state index is 12.6. The number of benzene rings is 2. The molecule has 1 fully saturated rings. The second kappa shape index (κ2) is 7.66. The van der Waals surface area contributed by atoms with E-state index in [-0.39, 0.29) is 23.1 Å². The van der Waals surface area contributed by atoms with Crippen molar-refractivity contribution in [3.8, 4) is 5.75 Å². The van der Waals surface area contributed by atoms with Crippen LogP contribution in [0, 0.1) is 0 Å². The van der Waals surface area contributed by atoms with Gasteiger partial charge in [0.25, 0.3) is 0 Å². The molecule has 6 nitrogen and oxygen atoms in total. The van der Waals surface area contributed by atoms with Crippen molar-refractivity contribution in [2.24, 2.45) is 4.99 Å². The van der Waals surface area contributed by atoms with Crippen LogP contribution in [0.1, 0.15) is 24.0 Å². The minimum absolute atomic E-state index is 0.0276. The maximum Gasteiger partial charge on any atom is 0.573 e. The summed E-state index contributed by atoms with van der Waals surface area (Å²) in [5, 5.41) is 0. The Morgan fingerprint density at radius 1 is 1.07 bits per heavy atom. The van der Waals surface area contributed by atoms with Gasteiger partial charge in [0.05, 0.1) is 0 Å². The van der Waals surface area contributed by atoms with Crippen LogP contribution in [-0.4, -0.2) is 30.7 Å². The molecule has 0 saturated carbocycles. The molecule has 0 unspecified atom stereocenters. The number of hydrogen-bond acceptors (Lipinski definition) is 5. The quantitative estimate of drug-likeness (QED) is 0.557. The fourth-order valence-electron chi connectivity index (χ4n) is 3.20. The number of hydrogen-bond donors (Lipinski definition) is 0. The molecular weight excluding hydrogens is 401 g/mol. The van der Waals surface area contributed by atoms with E-state index >= 15 is 0 Å². The molecule has 0 aliphatic carbocycles. The lowest BCUT2D eigenvalue weighted by atomic mass is 10.1. The van der Waals surface area contributed by atoms with E-state index in [1.807, 2.05) is 0 Å². The Labute approximate surface area is 169 Å². The molecule has 2 aliphatic heterocycles. The molecule has 2 aromatic rings. The number of carbonyl (C=O) groups excluding carboxylic acids is 2. The zero-order valence-electron chi connectivity index (χ0n) is 15.5. The van der Waals surface area contributed by atoms with Crippen LogP contribution in [0.2, 0.25) is 0 Å².